The van der Waals surface area contributed by atoms with Crippen molar-refractivity contribution in [2.75, 3.05) is 5.75 Å². The van der Waals surface area contributed by atoms with Crippen LogP contribution in [0.5, 0.6) is 0 Å². The zero-order valence-electron chi connectivity index (χ0n) is 25.9. The summed E-state index contributed by atoms with van der Waals surface area (Å²) in [4.78, 5) is 27.8. The number of hydrogen-bond acceptors (Lipinski definition) is 5. The third-order valence-corrected chi connectivity index (χ3v) is 14.6. The predicted molar refractivity (Wildman–Crippen MR) is 152 cm³/mol. The Hall–Kier alpha value is -1.73. The van der Waals surface area contributed by atoms with Crippen molar-refractivity contribution >= 4 is 21.6 Å². The molecule has 4 saturated carbocycles. The summed E-state index contributed by atoms with van der Waals surface area (Å²) in [6.07, 6.45) is 1.24. The Morgan fingerprint density at radius 3 is 2.17 bits per heavy atom. The quantitative estimate of drug-likeness (QED) is 0.392. The third-order valence-electron chi connectivity index (χ3n) is 13.2. The third kappa shape index (κ3) is 4.45. The largest absolute Gasteiger partial charge is 0.404 e. The minimum Gasteiger partial charge on any atom is -0.299 e. The van der Waals surface area contributed by atoms with E-state index >= 15 is 0 Å². The molecule has 8 atom stereocenters. The van der Waals surface area contributed by atoms with Crippen LogP contribution in [0.1, 0.15) is 99.8 Å². The zero-order valence-corrected chi connectivity index (χ0v) is 26.7. The molecule has 0 aromatic rings. The first-order chi connectivity index (χ1) is 19.0. The van der Waals surface area contributed by atoms with Gasteiger partial charge in [0, 0.05) is 23.3 Å². The van der Waals surface area contributed by atoms with E-state index in [1.54, 1.807) is 0 Å². The van der Waals surface area contributed by atoms with Crippen molar-refractivity contribution in [1.82, 2.24) is 4.72 Å². The lowest BCUT2D eigenvalue weighted by molar-refractivity contribution is -0.214. The molecular formula is C32H45F3N2O4S. The van der Waals surface area contributed by atoms with E-state index in [-0.39, 0.29) is 46.2 Å². The monoisotopic (exact) mass is 610 g/mol. The summed E-state index contributed by atoms with van der Waals surface area (Å²) in [5, 5.41) is 9.89. The second-order valence-corrected chi connectivity index (χ2v) is 18.0. The van der Waals surface area contributed by atoms with Crippen LogP contribution in [0.3, 0.4) is 0 Å². The van der Waals surface area contributed by atoms with Gasteiger partial charge in [-0.25, -0.2) is 13.1 Å². The number of fused-ring (bicyclic) bond motifs is 7. The predicted octanol–water partition coefficient (Wildman–Crippen LogP) is 6.52. The molecule has 0 bridgehead atoms. The number of carbonyl (C=O) groups excluding carboxylic acids is 2. The van der Waals surface area contributed by atoms with E-state index in [2.05, 4.69) is 45.4 Å². The van der Waals surface area contributed by atoms with E-state index in [1.807, 2.05) is 19.9 Å². The minimum atomic E-state index is -4.87. The molecule has 4 fully saturated rings. The lowest BCUT2D eigenvalue weighted by Crippen LogP contribution is -2.72. The first kappa shape index (κ1) is 31.7. The highest BCUT2D eigenvalue weighted by Gasteiger charge is 2.72. The van der Waals surface area contributed by atoms with Gasteiger partial charge in [-0.05, 0) is 84.4 Å². The summed E-state index contributed by atoms with van der Waals surface area (Å²) >= 11 is 0. The van der Waals surface area contributed by atoms with Crippen LogP contribution >= 0.6 is 0 Å². The van der Waals surface area contributed by atoms with E-state index < -0.39 is 55.6 Å². The van der Waals surface area contributed by atoms with Crippen molar-refractivity contribution in [3.63, 3.8) is 0 Å². The van der Waals surface area contributed by atoms with Gasteiger partial charge in [0.15, 0.2) is 11.5 Å². The second kappa shape index (κ2) is 9.15. The Kier molecular flexibility index (Phi) is 6.91. The summed E-state index contributed by atoms with van der Waals surface area (Å²) in [6.45, 7) is 14.5. The highest BCUT2D eigenvalue weighted by atomic mass is 32.2. The number of nitrogens with zero attached hydrogens (tertiary/aromatic N) is 1. The summed E-state index contributed by atoms with van der Waals surface area (Å²) in [5.74, 6) is -3.14. The van der Waals surface area contributed by atoms with Crippen molar-refractivity contribution < 1.29 is 31.2 Å². The van der Waals surface area contributed by atoms with Gasteiger partial charge in [0.1, 0.15) is 11.9 Å². The second-order valence-electron chi connectivity index (χ2n) is 16.3. The number of ketones is 2. The summed E-state index contributed by atoms with van der Waals surface area (Å²) in [6, 6.07) is 2.12. The maximum absolute atomic E-state index is 14.5. The number of allylic oxidation sites excluding steroid dienone is 2. The summed E-state index contributed by atoms with van der Waals surface area (Å²) in [7, 11) is -4.68. The molecule has 0 aromatic heterocycles. The van der Waals surface area contributed by atoms with Crippen molar-refractivity contribution in [2.24, 2.45) is 50.7 Å². The molecule has 0 amide bonds. The lowest BCUT2D eigenvalue weighted by Gasteiger charge is -2.72. The van der Waals surface area contributed by atoms with Gasteiger partial charge in [-0.15, -0.1) is 0 Å². The lowest BCUT2D eigenvalue weighted by atomic mass is 9.32. The standard InChI is InChI=1S/C32H45F3N2O4S/c1-26(2)10-12-31(37-42(40,41)18-32(33,34)35)13-11-30(7)24(20(31)16-26)21(38)14-23-28(5)15-19(17-36)25(39)27(3,4)22(28)8-9-29(23,30)6/h15,20,22-24,37H,8-14,16,18H2,1-7H3/t20-,22-,23+,24-,28-,29+,30+,31-/m0/s1. The molecule has 5 aliphatic rings. The van der Waals surface area contributed by atoms with Crippen LogP contribution < -0.4 is 4.72 Å². The highest BCUT2D eigenvalue weighted by Crippen LogP contribution is 2.74. The number of sulfonamides is 1. The maximum atomic E-state index is 14.5. The van der Waals surface area contributed by atoms with Crippen molar-refractivity contribution in [3.8, 4) is 6.07 Å². The molecule has 0 aliphatic heterocycles. The van der Waals surface area contributed by atoms with Crippen LogP contribution in [0.2, 0.25) is 0 Å². The summed E-state index contributed by atoms with van der Waals surface area (Å²) in [5.41, 5.74) is -3.33. The van der Waals surface area contributed by atoms with Gasteiger partial charge in [0.05, 0.1) is 5.57 Å². The van der Waals surface area contributed by atoms with Crippen LogP contribution in [0.25, 0.3) is 0 Å². The Balaban J connectivity index is 1.60. The van der Waals surface area contributed by atoms with E-state index in [4.69, 9.17) is 0 Å². The Bertz CT molecular complexity index is 1390. The van der Waals surface area contributed by atoms with Crippen LogP contribution in [0.15, 0.2) is 11.6 Å². The summed E-state index contributed by atoms with van der Waals surface area (Å²) < 4.78 is 68.2. The molecule has 0 unspecified atom stereocenters. The first-order valence-electron chi connectivity index (χ1n) is 15.3. The van der Waals surface area contributed by atoms with E-state index in [0.717, 1.165) is 12.8 Å². The number of rotatable bonds is 3. The zero-order chi connectivity index (χ0) is 31.5. The molecule has 234 valence electrons. The molecule has 6 nitrogen and oxygen atoms in total. The van der Waals surface area contributed by atoms with Gasteiger partial charge in [-0.2, -0.15) is 18.4 Å². The average Bonchev–Trinajstić information content (AvgIpc) is 2.82. The topological polar surface area (TPSA) is 104 Å². The molecular weight excluding hydrogens is 565 g/mol. The van der Waals surface area contributed by atoms with Gasteiger partial charge in [0.2, 0.25) is 10.0 Å². The molecule has 0 saturated heterocycles. The normalized spacial score (nSPS) is 44.5. The van der Waals surface area contributed by atoms with Gasteiger partial charge < -0.3 is 0 Å². The molecule has 0 spiro atoms. The van der Waals surface area contributed by atoms with E-state index in [9.17, 15) is 36.4 Å². The van der Waals surface area contributed by atoms with Crippen LogP contribution in [-0.2, 0) is 19.6 Å². The number of nitriles is 1. The minimum absolute atomic E-state index is 0.0326. The number of carbonyl (C=O) groups is 2. The number of halogens is 3. The van der Waals surface area contributed by atoms with E-state index in [0.29, 0.717) is 32.1 Å². The Morgan fingerprint density at radius 2 is 1.57 bits per heavy atom. The molecule has 1 N–H and O–H groups in total. The molecule has 10 heteroatoms. The molecule has 0 radical (unpaired) electrons. The number of alkyl halides is 3. The molecule has 5 rings (SSSR count). The van der Waals surface area contributed by atoms with Crippen molar-refractivity contribution in [1.29, 1.82) is 5.26 Å². The van der Waals surface area contributed by atoms with Crippen LogP contribution in [-0.4, -0.2) is 37.5 Å². The molecule has 0 heterocycles. The Morgan fingerprint density at radius 1 is 0.952 bits per heavy atom. The number of hydrogen-bond donors (Lipinski definition) is 1. The molecule has 0 aromatic carbocycles. The number of nitrogens with one attached hydrogen (secondary N) is 1. The van der Waals surface area contributed by atoms with E-state index in [1.165, 1.54) is 0 Å². The van der Waals surface area contributed by atoms with Gasteiger partial charge in [-0.1, -0.05) is 54.5 Å². The number of Topliss-reactive ketones (excluding diaryl/α,β-unsaturated/α-hetero) is 2. The van der Waals surface area contributed by atoms with Gasteiger partial charge >= 0.3 is 6.18 Å². The molecule has 42 heavy (non-hydrogen) atoms. The van der Waals surface area contributed by atoms with Gasteiger partial charge in [-0.3, -0.25) is 9.59 Å². The van der Waals surface area contributed by atoms with Gasteiger partial charge in [0.25, 0.3) is 0 Å². The maximum Gasteiger partial charge on any atom is 0.404 e. The molecule has 5 aliphatic carbocycles. The average molecular weight is 611 g/mol. The fourth-order valence-corrected chi connectivity index (χ4v) is 12.5. The van der Waals surface area contributed by atoms with Crippen LogP contribution in [0, 0.1) is 62.1 Å². The Labute approximate surface area is 248 Å². The van der Waals surface area contributed by atoms with Crippen molar-refractivity contribution in [2.45, 2.75) is 112 Å². The first-order valence-corrected chi connectivity index (χ1v) is 16.9. The fraction of sp³-hybridized carbons (Fsp3) is 0.844. The SMILES string of the molecule is CC1(C)CC[C@]2(NS(=O)(=O)CC(F)(F)F)CC[C@]3(C)[C@H](C(=O)C[C@@H]4[C@@]5(C)C=C(C#N)C(=O)C(C)(C)[C@@H]5CC[C@]43C)[C@@H]2C1. The smallest absolute Gasteiger partial charge is 0.299 e. The highest BCUT2D eigenvalue weighted by molar-refractivity contribution is 7.89. The van der Waals surface area contributed by atoms with Crippen LogP contribution in [0.4, 0.5) is 13.2 Å². The fourth-order valence-electron chi connectivity index (χ4n) is 11.0. The van der Waals surface area contributed by atoms with Crippen molar-refractivity contribution in [3.05, 3.63) is 11.6 Å².